The van der Waals surface area contributed by atoms with Gasteiger partial charge in [-0.05, 0) is 13.8 Å². The van der Waals surface area contributed by atoms with Crippen molar-refractivity contribution in [2.24, 2.45) is 0 Å². The van der Waals surface area contributed by atoms with Gasteiger partial charge in [-0.1, -0.05) is 0 Å². The van der Waals surface area contributed by atoms with E-state index in [0.717, 1.165) is 19.6 Å². The van der Waals surface area contributed by atoms with Crippen LogP contribution in [0.25, 0.3) is 0 Å². The molecule has 0 aromatic heterocycles. The van der Waals surface area contributed by atoms with E-state index in [0.29, 0.717) is 6.04 Å². The Kier molecular flexibility index (Phi) is 3.27. The molecular formula is C8H17FN2. The van der Waals surface area contributed by atoms with Crippen LogP contribution >= 0.6 is 0 Å². The van der Waals surface area contributed by atoms with Crippen LogP contribution in [0.15, 0.2) is 0 Å². The lowest BCUT2D eigenvalue weighted by Gasteiger charge is -2.35. The molecule has 1 fully saturated rings. The fourth-order valence-electron chi connectivity index (χ4n) is 1.42. The second-order valence-corrected chi connectivity index (χ2v) is 3.39. The summed E-state index contributed by atoms with van der Waals surface area (Å²) in [5.41, 5.74) is 0. The van der Waals surface area contributed by atoms with E-state index in [1.54, 1.807) is 0 Å². The molecule has 0 saturated carbocycles. The van der Waals surface area contributed by atoms with E-state index in [2.05, 4.69) is 24.1 Å². The highest BCUT2D eigenvalue weighted by molar-refractivity contribution is 4.79. The molecule has 1 saturated heterocycles. The second kappa shape index (κ2) is 4.02. The summed E-state index contributed by atoms with van der Waals surface area (Å²) in [5, 5.41) is 3.14. The first kappa shape index (κ1) is 8.94. The largest absolute Gasteiger partial charge is 0.309 e. The molecule has 1 rings (SSSR count). The Hall–Kier alpha value is -0.150. The van der Waals surface area contributed by atoms with Gasteiger partial charge in [0.1, 0.15) is 6.67 Å². The summed E-state index contributed by atoms with van der Waals surface area (Å²) in [4.78, 5) is 2.31. The molecule has 66 valence electrons. The van der Waals surface area contributed by atoms with Crippen LogP contribution in [0.1, 0.15) is 13.8 Å². The summed E-state index contributed by atoms with van der Waals surface area (Å²) >= 11 is 0. The number of hydrogen-bond acceptors (Lipinski definition) is 2. The maximum atomic E-state index is 12.2. The predicted molar refractivity (Wildman–Crippen MR) is 44.5 cm³/mol. The molecular weight excluding hydrogens is 143 g/mol. The van der Waals surface area contributed by atoms with Gasteiger partial charge in [-0.3, -0.25) is 4.90 Å². The third-order valence-corrected chi connectivity index (χ3v) is 2.20. The van der Waals surface area contributed by atoms with Gasteiger partial charge < -0.3 is 5.32 Å². The van der Waals surface area contributed by atoms with Crippen molar-refractivity contribution in [3.63, 3.8) is 0 Å². The van der Waals surface area contributed by atoms with Gasteiger partial charge in [-0.2, -0.15) is 0 Å². The number of nitrogens with one attached hydrogen (secondary N) is 1. The van der Waals surface area contributed by atoms with Gasteiger partial charge in [0.05, 0.1) is 0 Å². The fraction of sp³-hybridized carbons (Fsp3) is 1.00. The first-order valence-corrected chi connectivity index (χ1v) is 4.27. The van der Waals surface area contributed by atoms with E-state index >= 15 is 0 Å². The van der Waals surface area contributed by atoms with Crippen LogP contribution < -0.4 is 5.32 Å². The van der Waals surface area contributed by atoms with E-state index in [1.165, 1.54) is 0 Å². The Morgan fingerprint density at radius 1 is 1.64 bits per heavy atom. The summed E-state index contributed by atoms with van der Waals surface area (Å²) in [7, 11) is 0. The highest BCUT2D eigenvalue weighted by Gasteiger charge is 2.20. The summed E-state index contributed by atoms with van der Waals surface area (Å²) in [6, 6.07) is 0.609. The molecule has 1 N–H and O–H groups in total. The van der Waals surface area contributed by atoms with Gasteiger partial charge in [0.2, 0.25) is 0 Å². The maximum Gasteiger partial charge on any atom is 0.106 e. The van der Waals surface area contributed by atoms with Gasteiger partial charge in [0, 0.05) is 31.7 Å². The first-order chi connectivity index (χ1) is 5.24. The Labute approximate surface area is 67.8 Å². The van der Waals surface area contributed by atoms with Crippen LogP contribution in [0.3, 0.4) is 0 Å². The standard InChI is InChI=1S/C8H17FN2/c1-7(2)11-4-3-10-8(5-9)6-11/h7-8,10H,3-6H2,1-2H3. The lowest BCUT2D eigenvalue weighted by molar-refractivity contribution is 0.148. The zero-order chi connectivity index (χ0) is 8.27. The highest BCUT2D eigenvalue weighted by atomic mass is 19.1. The zero-order valence-electron chi connectivity index (χ0n) is 7.31. The van der Waals surface area contributed by atoms with Gasteiger partial charge in [0.15, 0.2) is 0 Å². The van der Waals surface area contributed by atoms with Gasteiger partial charge in [-0.15, -0.1) is 0 Å². The van der Waals surface area contributed by atoms with Crippen LogP contribution in [0, 0.1) is 0 Å². The fourth-order valence-corrected chi connectivity index (χ4v) is 1.42. The van der Waals surface area contributed by atoms with Crippen molar-refractivity contribution in [1.82, 2.24) is 10.2 Å². The van der Waals surface area contributed by atoms with E-state index in [4.69, 9.17) is 0 Å². The van der Waals surface area contributed by atoms with Crippen LogP contribution in [0.4, 0.5) is 4.39 Å². The van der Waals surface area contributed by atoms with Crippen molar-refractivity contribution >= 4 is 0 Å². The quantitative estimate of drug-likeness (QED) is 0.637. The first-order valence-electron chi connectivity index (χ1n) is 4.27. The average molecular weight is 160 g/mol. The molecule has 3 heteroatoms. The molecule has 0 radical (unpaired) electrons. The van der Waals surface area contributed by atoms with Gasteiger partial charge in [0.25, 0.3) is 0 Å². The third-order valence-electron chi connectivity index (χ3n) is 2.20. The predicted octanol–water partition coefficient (Wildman–Crippen LogP) is 0.638. The Morgan fingerprint density at radius 2 is 2.36 bits per heavy atom. The number of hydrogen-bond donors (Lipinski definition) is 1. The highest BCUT2D eigenvalue weighted by Crippen LogP contribution is 2.03. The monoisotopic (exact) mass is 160 g/mol. The maximum absolute atomic E-state index is 12.2. The molecule has 1 unspecified atom stereocenters. The van der Waals surface area contributed by atoms with Crippen LogP contribution in [0.2, 0.25) is 0 Å². The number of piperazine rings is 1. The minimum absolute atomic E-state index is 0.0612. The normalized spacial score (nSPS) is 27.8. The lowest BCUT2D eigenvalue weighted by atomic mass is 10.2. The molecule has 2 nitrogen and oxygen atoms in total. The Bertz CT molecular complexity index is 117. The average Bonchev–Trinajstić information content (AvgIpc) is 2.05. The van der Waals surface area contributed by atoms with Crippen molar-refractivity contribution in [1.29, 1.82) is 0 Å². The van der Waals surface area contributed by atoms with Gasteiger partial charge in [-0.25, -0.2) is 4.39 Å². The van der Waals surface area contributed by atoms with Crippen molar-refractivity contribution in [2.75, 3.05) is 26.3 Å². The second-order valence-electron chi connectivity index (χ2n) is 3.39. The number of rotatable bonds is 2. The molecule has 11 heavy (non-hydrogen) atoms. The summed E-state index contributed by atoms with van der Waals surface area (Å²) < 4.78 is 12.2. The molecule has 0 bridgehead atoms. The van der Waals surface area contributed by atoms with E-state index in [9.17, 15) is 4.39 Å². The molecule has 0 amide bonds. The molecule has 0 aromatic carbocycles. The minimum atomic E-state index is -0.247. The number of nitrogens with zero attached hydrogens (tertiary/aromatic N) is 1. The lowest BCUT2D eigenvalue weighted by Crippen LogP contribution is -2.53. The Morgan fingerprint density at radius 3 is 2.91 bits per heavy atom. The van der Waals surface area contributed by atoms with E-state index in [1.807, 2.05) is 0 Å². The zero-order valence-corrected chi connectivity index (χ0v) is 7.31. The van der Waals surface area contributed by atoms with E-state index < -0.39 is 0 Å². The molecule has 1 aliphatic rings. The third kappa shape index (κ3) is 2.42. The SMILES string of the molecule is CC(C)N1CCNC(CF)C1. The summed E-state index contributed by atoms with van der Waals surface area (Å²) in [5.74, 6) is 0. The number of halogens is 1. The van der Waals surface area contributed by atoms with Crippen LogP contribution in [-0.4, -0.2) is 43.3 Å². The van der Waals surface area contributed by atoms with Crippen LogP contribution in [0.5, 0.6) is 0 Å². The Balaban J connectivity index is 2.33. The molecule has 1 heterocycles. The molecule has 0 aliphatic carbocycles. The van der Waals surface area contributed by atoms with Crippen molar-refractivity contribution < 1.29 is 4.39 Å². The number of alkyl halides is 1. The minimum Gasteiger partial charge on any atom is -0.309 e. The van der Waals surface area contributed by atoms with Crippen molar-refractivity contribution in [2.45, 2.75) is 25.9 Å². The van der Waals surface area contributed by atoms with E-state index in [-0.39, 0.29) is 12.7 Å². The molecule has 0 aromatic rings. The van der Waals surface area contributed by atoms with Crippen LogP contribution in [-0.2, 0) is 0 Å². The van der Waals surface area contributed by atoms with Crippen molar-refractivity contribution in [3.05, 3.63) is 0 Å². The van der Waals surface area contributed by atoms with Crippen molar-refractivity contribution in [3.8, 4) is 0 Å². The molecule has 1 aliphatic heterocycles. The molecule has 0 spiro atoms. The van der Waals surface area contributed by atoms with Gasteiger partial charge >= 0.3 is 0 Å². The smallest absolute Gasteiger partial charge is 0.106 e. The topological polar surface area (TPSA) is 15.3 Å². The summed E-state index contributed by atoms with van der Waals surface area (Å²) in [6.07, 6.45) is 0. The summed E-state index contributed by atoms with van der Waals surface area (Å²) in [6.45, 7) is 6.89. The molecule has 1 atom stereocenters.